The molecule has 0 saturated heterocycles. The molecule has 20 heavy (non-hydrogen) atoms. The van der Waals surface area contributed by atoms with Crippen LogP contribution in [0.2, 0.25) is 0 Å². The highest BCUT2D eigenvalue weighted by molar-refractivity contribution is 5.38. The highest BCUT2D eigenvalue weighted by Gasteiger charge is 2.14. The van der Waals surface area contributed by atoms with Crippen LogP contribution in [0.25, 0.3) is 0 Å². The molecule has 0 radical (unpaired) electrons. The van der Waals surface area contributed by atoms with Crippen LogP contribution in [0, 0.1) is 13.8 Å². The van der Waals surface area contributed by atoms with Crippen molar-refractivity contribution in [3.63, 3.8) is 0 Å². The number of aryl methyl sites for hydroxylation is 2. The van der Waals surface area contributed by atoms with Gasteiger partial charge in [0, 0.05) is 6.20 Å². The number of methoxy groups -OCH3 is 1. The molecule has 0 aliphatic carbocycles. The van der Waals surface area contributed by atoms with Gasteiger partial charge in [-0.2, -0.15) is 0 Å². The smallest absolute Gasteiger partial charge is 0.137 e. The summed E-state index contributed by atoms with van der Waals surface area (Å²) in [5.74, 6) is 0.786. The molecule has 0 aliphatic heterocycles. The van der Waals surface area contributed by atoms with Crippen LogP contribution in [-0.2, 0) is 0 Å². The van der Waals surface area contributed by atoms with Crippen LogP contribution in [0.1, 0.15) is 35.2 Å². The summed E-state index contributed by atoms with van der Waals surface area (Å²) in [5.41, 5.74) is 4.99. The van der Waals surface area contributed by atoms with Gasteiger partial charge in [-0.1, -0.05) is 25.1 Å². The number of rotatable bonds is 5. The molecule has 2 rings (SSSR count). The van der Waals surface area contributed by atoms with E-state index in [1.807, 2.05) is 12.3 Å². The lowest BCUT2D eigenvalue weighted by atomic mass is 9.96. The molecule has 1 N–H and O–H groups in total. The second kappa shape index (κ2) is 6.53. The molecule has 0 fully saturated rings. The van der Waals surface area contributed by atoms with Crippen molar-refractivity contribution in [1.29, 1.82) is 0 Å². The van der Waals surface area contributed by atoms with Gasteiger partial charge >= 0.3 is 0 Å². The van der Waals surface area contributed by atoms with Crippen LogP contribution in [-0.4, -0.2) is 18.6 Å². The Labute approximate surface area is 121 Å². The monoisotopic (exact) mass is 270 g/mol. The fourth-order valence-electron chi connectivity index (χ4n) is 2.28. The summed E-state index contributed by atoms with van der Waals surface area (Å²) in [6.45, 7) is 7.29. The normalized spacial score (nSPS) is 12.2. The van der Waals surface area contributed by atoms with Gasteiger partial charge < -0.3 is 10.1 Å². The average molecular weight is 270 g/mol. The molecule has 1 heterocycles. The second-order valence-corrected chi connectivity index (χ2v) is 4.99. The lowest BCUT2D eigenvalue weighted by molar-refractivity contribution is 0.411. The zero-order chi connectivity index (χ0) is 14.5. The standard InChI is InChI=1S/C17H22N2O/c1-5-19-17(14-7-6-12(2)13(3)8-14)15-9-16(20-4)11-18-10-15/h6-11,17,19H,5H2,1-4H3. The first-order chi connectivity index (χ1) is 9.65. The summed E-state index contributed by atoms with van der Waals surface area (Å²) in [6, 6.07) is 8.76. The molecule has 3 nitrogen and oxygen atoms in total. The van der Waals surface area contributed by atoms with Crippen molar-refractivity contribution >= 4 is 0 Å². The predicted octanol–water partition coefficient (Wildman–Crippen LogP) is 3.41. The number of hydrogen-bond acceptors (Lipinski definition) is 3. The quantitative estimate of drug-likeness (QED) is 0.904. The lowest BCUT2D eigenvalue weighted by Gasteiger charge is -2.20. The number of ether oxygens (including phenoxy) is 1. The first kappa shape index (κ1) is 14.5. The molecular formula is C17H22N2O. The number of nitrogens with one attached hydrogen (secondary N) is 1. The van der Waals surface area contributed by atoms with E-state index in [4.69, 9.17) is 4.74 Å². The van der Waals surface area contributed by atoms with Crippen molar-refractivity contribution in [3.8, 4) is 5.75 Å². The van der Waals surface area contributed by atoms with E-state index in [2.05, 4.69) is 49.3 Å². The number of hydrogen-bond donors (Lipinski definition) is 1. The molecule has 0 bridgehead atoms. The molecule has 0 amide bonds. The van der Waals surface area contributed by atoms with Gasteiger partial charge in [0.15, 0.2) is 0 Å². The first-order valence-electron chi connectivity index (χ1n) is 6.95. The van der Waals surface area contributed by atoms with Gasteiger partial charge in [-0.25, -0.2) is 0 Å². The summed E-state index contributed by atoms with van der Waals surface area (Å²) >= 11 is 0. The van der Waals surface area contributed by atoms with Gasteiger partial charge in [-0.05, 0) is 48.7 Å². The van der Waals surface area contributed by atoms with Crippen LogP contribution in [0.15, 0.2) is 36.7 Å². The highest BCUT2D eigenvalue weighted by Crippen LogP contribution is 2.25. The number of pyridine rings is 1. The molecule has 3 heteroatoms. The van der Waals surface area contributed by atoms with Crippen molar-refractivity contribution in [2.45, 2.75) is 26.8 Å². The molecule has 0 aliphatic rings. The molecule has 0 saturated carbocycles. The maximum atomic E-state index is 5.27. The SMILES string of the molecule is CCNC(c1cncc(OC)c1)c1ccc(C)c(C)c1. The minimum Gasteiger partial charge on any atom is -0.495 e. The third kappa shape index (κ3) is 3.17. The predicted molar refractivity (Wildman–Crippen MR) is 82.2 cm³/mol. The molecule has 2 aromatic rings. The van der Waals surface area contributed by atoms with Crippen molar-refractivity contribution in [2.24, 2.45) is 0 Å². The van der Waals surface area contributed by atoms with E-state index < -0.39 is 0 Å². The van der Waals surface area contributed by atoms with Crippen LogP contribution >= 0.6 is 0 Å². The van der Waals surface area contributed by atoms with Crippen LogP contribution < -0.4 is 10.1 Å². The van der Waals surface area contributed by atoms with Gasteiger partial charge in [0.05, 0.1) is 19.3 Å². The van der Waals surface area contributed by atoms with Crippen molar-refractivity contribution in [3.05, 3.63) is 58.9 Å². The van der Waals surface area contributed by atoms with Gasteiger partial charge in [0.1, 0.15) is 5.75 Å². The van der Waals surface area contributed by atoms with E-state index in [0.29, 0.717) is 0 Å². The van der Waals surface area contributed by atoms with Crippen LogP contribution in [0.5, 0.6) is 5.75 Å². The zero-order valence-electron chi connectivity index (χ0n) is 12.6. The summed E-state index contributed by atoms with van der Waals surface area (Å²) in [6.07, 6.45) is 3.62. The first-order valence-corrected chi connectivity index (χ1v) is 6.95. The van der Waals surface area contributed by atoms with Gasteiger partial charge in [-0.3, -0.25) is 4.98 Å². The topological polar surface area (TPSA) is 34.2 Å². The summed E-state index contributed by atoms with van der Waals surface area (Å²) in [4.78, 5) is 4.26. The maximum Gasteiger partial charge on any atom is 0.137 e. The Bertz CT molecular complexity index is 581. The summed E-state index contributed by atoms with van der Waals surface area (Å²) in [7, 11) is 1.67. The molecule has 0 spiro atoms. The molecule has 1 aromatic carbocycles. The summed E-state index contributed by atoms with van der Waals surface area (Å²) < 4.78 is 5.27. The van der Waals surface area contributed by atoms with Gasteiger partial charge in [0.25, 0.3) is 0 Å². The Kier molecular flexibility index (Phi) is 4.74. The van der Waals surface area contributed by atoms with E-state index in [0.717, 1.165) is 17.9 Å². The third-order valence-electron chi connectivity index (χ3n) is 3.58. The number of nitrogens with zero attached hydrogens (tertiary/aromatic N) is 1. The van der Waals surface area contributed by atoms with Gasteiger partial charge in [0.2, 0.25) is 0 Å². The fourth-order valence-corrected chi connectivity index (χ4v) is 2.28. The maximum absolute atomic E-state index is 5.27. The largest absolute Gasteiger partial charge is 0.495 e. The van der Waals surface area contributed by atoms with Crippen LogP contribution in [0.3, 0.4) is 0 Å². The number of aromatic nitrogens is 1. The van der Waals surface area contributed by atoms with Crippen molar-refractivity contribution in [2.75, 3.05) is 13.7 Å². The number of benzene rings is 1. The minimum atomic E-state index is 0.141. The Morgan fingerprint density at radius 2 is 1.90 bits per heavy atom. The fraction of sp³-hybridized carbons (Fsp3) is 0.353. The minimum absolute atomic E-state index is 0.141. The molecular weight excluding hydrogens is 248 g/mol. The van der Waals surface area contributed by atoms with Crippen molar-refractivity contribution in [1.82, 2.24) is 10.3 Å². The van der Waals surface area contributed by atoms with E-state index in [1.54, 1.807) is 13.3 Å². The Morgan fingerprint density at radius 1 is 1.10 bits per heavy atom. The van der Waals surface area contributed by atoms with E-state index in [-0.39, 0.29) is 6.04 Å². The molecule has 1 aromatic heterocycles. The zero-order valence-corrected chi connectivity index (χ0v) is 12.6. The van der Waals surface area contributed by atoms with E-state index in [9.17, 15) is 0 Å². The molecule has 1 unspecified atom stereocenters. The Morgan fingerprint density at radius 3 is 2.55 bits per heavy atom. The molecule has 106 valence electrons. The van der Waals surface area contributed by atoms with Gasteiger partial charge in [-0.15, -0.1) is 0 Å². The Hall–Kier alpha value is -1.87. The second-order valence-electron chi connectivity index (χ2n) is 4.99. The molecule has 1 atom stereocenters. The van der Waals surface area contributed by atoms with Crippen molar-refractivity contribution < 1.29 is 4.74 Å². The Balaban J connectivity index is 2.41. The third-order valence-corrected chi connectivity index (χ3v) is 3.58. The van der Waals surface area contributed by atoms with E-state index in [1.165, 1.54) is 16.7 Å². The highest BCUT2D eigenvalue weighted by atomic mass is 16.5. The van der Waals surface area contributed by atoms with E-state index >= 15 is 0 Å². The summed E-state index contributed by atoms with van der Waals surface area (Å²) in [5, 5.41) is 3.52. The van der Waals surface area contributed by atoms with Crippen LogP contribution in [0.4, 0.5) is 0 Å². The lowest BCUT2D eigenvalue weighted by Crippen LogP contribution is -2.22. The average Bonchev–Trinajstić information content (AvgIpc) is 2.48.